The fraction of sp³-hybridized carbons (Fsp3) is 0.526. The normalized spacial score (nSPS) is 16.3. The van der Waals surface area contributed by atoms with Crippen molar-refractivity contribution in [2.45, 2.75) is 51.0 Å². The molecule has 1 fully saturated rings. The zero-order valence-corrected chi connectivity index (χ0v) is 17.2. The molecule has 0 bridgehead atoms. The molecule has 1 aromatic carbocycles. The Balaban J connectivity index is 0.00000225. The van der Waals surface area contributed by atoms with E-state index in [4.69, 9.17) is 10.5 Å². The highest BCUT2D eigenvalue weighted by molar-refractivity contribution is 14.0. The molecule has 138 valence electrons. The van der Waals surface area contributed by atoms with Crippen LogP contribution in [-0.4, -0.2) is 30.6 Å². The van der Waals surface area contributed by atoms with Gasteiger partial charge in [0.2, 0.25) is 0 Å². The van der Waals surface area contributed by atoms with E-state index in [-0.39, 0.29) is 24.0 Å². The molecular formula is C19H29IN4O. The topological polar surface area (TPSA) is 75.4 Å². The van der Waals surface area contributed by atoms with Crippen molar-refractivity contribution in [1.82, 2.24) is 10.3 Å². The van der Waals surface area contributed by atoms with Gasteiger partial charge in [0.15, 0.2) is 5.96 Å². The molecular weight excluding hydrogens is 427 g/mol. The summed E-state index contributed by atoms with van der Waals surface area (Å²) in [5.74, 6) is 1.48. The van der Waals surface area contributed by atoms with Crippen LogP contribution in [-0.2, 0) is 6.42 Å². The predicted octanol–water partition coefficient (Wildman–Crippen LogP) is 3.96. The first-order valence-corrected chi connectivity index (χ1v) is 8.97. The molecule has 0 saturated heterocycles. The van der Waals surface area contributed by atoms with Crippen molar-refractivity contribution in [1.29, 1.82) is 0 Å². The maximum Gasteiger partial charge on any atom is 0.188 e. The number of ether oxygens (including phenoxy) is 1. The van der Waals surface area contributed by atoms with Crippen LogP contribution in [0.15, 0.2) is 29.4 Å². The van der Waals surface area contributed by atoms with Crippen LogP contribution in [0.3, 0.4) is 0 Å². The summed E-state index contributed by atoms with van der Waals surface area (Å²) >= 11 is 0. The third kappa shape index (κ3) is 5.26. The molecule has 1 aliphatic carbocycles. The van der Waals surface area contributed by atoms with Crippen LogP contribution >= 0.6 is 24.0 Å². The number of nitrogens with zero attached hydrogens (tertiary/aromatic N) is 1. The number of halogens is 1. The van der Waals surface area contributed by atoms with E-state index in [0.717, 1.165) is 23.1 Å². The minimum Gasteiger partial charge on any atom is -0.496 e. The summed E-state index contributed by atoms with van der Waals surface area (Å²) in [7, 11) is 1.71. The average molecular weight is 456 g/mol. The Morgan fingerprint density at radius 1 is 1.28 bits per heavy atom. The van der Waals surface area contributed by atoms with Crippen molar-refractivity contribution >= 4 is 40.8 Å². The summed E-state index contributed by atoms with van der Waals surface area (Å²) in [5.41, 5.74) is 8.38. The second-order valence-corrected chi connectivity index (χ2v) is 6.55. The molecule has 0 unspecified atom stereocenters. The summed E-state index contributed by atoms with van der Waals surface area (Å²) in [4.78, 5) is 7.81. The molecule has 5 nitrogen and oxygen atoms in total. The molecule has 1 aromatic heterocycles. The Hall–Kier alpha value is -1.44. The van der Waals surface area contributed by atoms with Gasteiger partial charge in [-0.15, -0.1) is 24.0 Å². The highest BCUT2D eigenvalue weighted by Gasteiger charge is 2.12. The summed E-state index contributed by atoms with van der Waals surface area (Å²) in [5, 5.41) is 4.54. The number of nitrogens with two attached hydrogens (primary N) is 1. The lowest BCUT2D eigenvalue weighted by atomic mass is 10.1. The third-order valence-corrected chi connectivity index (χ3v) is 4.84. The SMILES string of the molecule is COc1cccc2[nH]cc(CCN=C(N)NC3CCCCCC3)c12.I. The number of fused-ring (bicyclic) bond motifs is 1. The maximum atomic E-state index is 6.07. The Morgan fingerprint density at radius 3 is 2.76 bits per heavy atom. The molecule has 2 aromatic rings. The van der Waals surface area contributed by atoms with Crippen LogP contribution in [0, 0.1) is 0 Å². The number of guanidine groups is 1. The fourth-order valence-electron chi connectivity index (χ4n) is 3.56. The van der Waals surface area contributed by atoms with Gasteiger partial charge in [-0.05, 0) is 37.0 Å². The van der Waals surface area contributed by atoms with E-state index >= 15 is 0 Å². The van der Waals surface area contributed by atoms with Crippen LogP contribution in [0.5, 0.6) is 5.75 Å². The number of aromatic amines is 1. The average Bonchev–Trinajstić information content (AvgIpc) is 2.83. The maximum absolute atomic E-state index is 6.07. The minimum absolute atomic E-state index is 0. The number of H-pyrrole nitrogens is 1. The van der Waals surface area contributed by atoms with Crippen molar-refractivity contribution in [2.24, 2.45) is 10.7 Å². The molecule has 0 aliphatic heterocycles. The number of hydrogen-bond acceptors (Lipinski definition) is 2. The molecule has 4 N–H and O–H groups in total. The lowest BCUT2D eigenvalue weighted by molar-refractivity contribution is 0.419. The van der Waals surface area contributed by atoms with E-state index in [9.17, 15) is 0 Å². The van der Waals surface area contributed by atoms with Crippen molar-refractivity contribution in [3.05, 3.63) is 30.0 Å². The van der Waals surface area contributed by atoms with Gasteiger partial charge in [0.05, 0.1) is 7.11 Å². The van der Waals surface area contributed by atoms with Crippen LogP contribution in [0.2, 0.25) is 0 Å². The zero-order chi connectivity index (χ0) is 16.8. The van der Waals surface area contributed by atoms with Gasteiger partial charge in [-0.3, -0.25) is 4.99 Å². The summed E-state index contributed by atoms with van der Waals surface area (Å²) in [6.07, 6.45) is 10.6. The Morgan fingerprint density at radius 2 is 2.04 bits per heavy atom. The molecule has 1 saturated carbocycles. The molecule has 6 heteroatoms. The van der Waals surface area contributed by atoms with Crippen molar-refractivity contribution in [2.75, 3.05) is 13.7 Å². The van der Waals surface area contributed by atoms with E-state index < -0.39 is 0 Å². The second-order valence-electron chi connectivity index (χ2n) is 6.55. The largest absolute Gasteiger partial charge is 0.496 e. The first-order chi connectivity index (χ1) is 11.8. The van der Waals surface area contributed by atoms with E-state index in [1.54, 1.807) is 7.11 Å². The molecule has 0 radical (unpaired) electrons. The highest BCUT2D eigenvalue weighted by atomic mass is 127. The van der Waals surface area contributed by atoms with Crippen molar-refractivity contribution in [3.8, 4) is 5.75 Å². The number of benzene rings is 1. The van der Waals surface area contributed by atoms with Gasteiger partial charge in [0.1, 0.15) is 5.75 Å². The van der Waals surface area contributed by atoms with E-state index in [0.29, 0.717) is 18.5 Å². The number of nitrogens with one attached hydrogen (secondary N) is 2. The number of methoxy groups -OCH3 is 1. The third-order valence-electron chi connectivity index (χ3n) is 4.84. The standard InChI is InChI=1S/C19H28N4O.HI/c1-24-17-10-6-9-16-18(17)14(13-22-16)11-12-21-19(20)23-15-7-4-2-3-5-8-15;/h6,9-10,13,15,22H,2-5,7-8,11-12H2,1H3,(H3,20,21,23);1H. The van der Waals surface area contributed by atoms with Gasteiger partial charge in [0, 0.05) is 29.7 Å². The molecule has 1 aliphatic rings. The van der Waals surface area contributed by atoms with E-state index in [2.05, 4.69) is 21.4 Å². The Kier molecular flexibility index (Phi) is 7.87. The number of aliphatic imine (C=N–C) groups is 1. The van der Waals surface area contributed by atoms with Gasteiger partial charge < -0.3 is 20.8 Å². The van der Waals surface area contributed by atoms with Crippen LogP contribution in [0.25, 0.3) is 10.9 Å². The predicted molar refractivity (Wildman–Crippen MR) is 115 cm³/mol. The molecule has 3 rings (SSSR count). The molecule has 0 spiro atoms. The van der Waals surface area contributed by atoms with E-state index in [1.165, 1.54) is 44.1 Å². The van der Waals surface area contributed by atoms with Gasteiger partial charge in [-0.2, -0.15) is 0 Å². The smallest absolute Gasteiger partial charge is 0.188 e. The van der Waals surface area contributed by atoms with Crippen LogP contribution in [0.4, 0.5) is 0 Å². The van der Waals surface area contributed by atoms with Gasteiger partial charge in [0.25, 0.3) is 0 Å². The van der Waals surface area contributed by atoms with Crippen molar-refractivity contribution in [3.63, 3.8) is 0 Å². The summed E-state index contributed by atoms with van der Waals surface area (Å²) in [6.45, 7) is 0.677. The molecule has 1 heterocycles. The molecule has 25 heavy (non-hydrogen) atoms. The molecule has 0 atom stereocenters. The number of rotatable bonds is 5. The van der Waals surface area contributed by atoms with Crippen LogP contribution < -0.4 is 15.8 Å². The van der Waals surface area contributed by atoms with Gasteiger partial charge >= 0.3 is 0 Å². The first kappa shape index (κ1) is 19.9. The summed E-state index contributed by atoms with van der Waals surface area (Å²) < 4.78 is 5.47. The second kappa shape index (κ2) is 9.89. The first-order valence-electron chi connectivity index (χ1n) is 8.97. The lowest BCUT2D eigenvalue weighted by Gasteiger charge is -2.16. The molecule has 0 amide bonds. The number of hydrogen-bond donors (Lipinski definition) is 3. The lowest BCUT2D eigenvalue weighted by Crippen LogP contribution is -2.40. The Bertz CT molecular complexity index is 690. The monoisotopic (exact) mass is 456 g/mol. The van der Waals surface area contributed by atoms with Gasteiger partial charge in [-0.1, -0.05) is 31.7 Å². The number of aromatic nitrogens is 1. The van der Waals surface area contributed by atoms with E-state index in [1.807, 2.05) is 18.3 Å². The van der Waals surface area contributed by atoms with Crippen LogP contribution in [0.1, 0.15) is 44.1 Å². The quantitative estimate of drug-likeness (QED) is 0.276. The summed E-state index contributed by atoms with van der Waals surface area (Å²) in [6, 6.07) is 6.54. The minimum atomic E-state index is 0. The Labute approximate surface area is 166 Å². The van der Waals surface area contributed by atoms with Crippen molar-refractivity contribution < 1.29 is 4.74 Å². The van der Waals surface area contributed by atoms with Gasteiger partial charge in [-0.25, -0.2) is 0 Å². The highest BCUT2D eigenvalue weighted by Crippen LogP contribution is 2.28. The fourth-order valence-corrected chi connectivity index (χ4v) is 3.56. The zero-order valence-electron chi connectivity index (χ0n) is 14.9.